The number of carbonyl (C=O) groups excluding carboxylic acids is 3. The van der Waals surface area contributed by atoms with Crippen LogP contribution >= 0.6 is 0 Å². The Morgan fingerprint density at radius 3 is 2.61 bits per heavy atom. The van der Waals surface area contributed by atoms with Crippen molar-refractivity contribution in [3.63, 3.8) is 0 Å². The molecule has 3 aromatic rings. The first-order valence-electron chi connectivity index (χ1n) is 15.8. The minimum Gasteiger partial charge on any atom is -0.469 e. The van der Waals surface area contributed by atoms with Crippen LogP contribution in [0.25, 0.3) is 0 Å². The predicted octanol–water partition coefficient (Wildman–Crippen LogP) is 4.62. The van der Waals surface area contributed by atoms with Gasteiger partial charge in [-0.1, -0.05) is 30.3 Å². The summed E-state index contributed by atoms with van der Waals surface area (Å²) in [5.74, 6) is -1.37. The first-order chi connectivity index (χ1) is 22.0. The van der Waals surface area contributed by atoms with Crippen molar-refractivity contribution in [1.82, 2.24) is 15.0 Å². The minimum atomic E-state index is -3.39. The van der Waals surface area contributed by atoms with Gasteiger partial charge < -0.3 is 28.9 Å². The second-order valence-corrected chi connectivity index (χ2v) is 16.3. The molecule has 4 atom stereocenters. The molecule has 11 nitrogen and oxygen atoms in total. The van der Waals surface area contributed by atoms with Crippen LogP contribution in [0.4, 0.5) is 15.5 Å². The lowest BCUT2D eigenvalue weighted by molar-refractivity contribution is -0.146. The van der Waals surface area contributed by atoms with Crippen molar-refractivity contribution in [1.29, 1.82) is 0 Å². The van der Waals surface area contributed by atoms with Crippen molar-refractivity contribution in [2.24, 2.45) is 5.92 Å². The number of fused-ring (bicyclic) bond motifs is 2. The van der Waals surface area contributed by atoms with Gasteiger partial charge in [0.25, 0.3) is 11.8 Å². The maximum atomic E-state index is 16.2. The van der Waals surface area contributed by atoms with E-state index in [0.717, 1.165) is 0 Å². The van der Waals surface area contributed by atoms with Gasteiger partial charge >= 0.3 is 5.97 Å². The first-order valence-corrected chi connectivity index (χ1v) is 18.7. The average Bonchev–Trinajstić information content (AvgIpc) is 3.68. The smallest absolute Gasteiger partial charge is 0.305 e. The number of aliphatic hydroxyl groups excluding tert-OH is 1. The topological polar surface area (TPSA) is 136 Å². The Balaban J connectivity index is 1.48. The molecular weight excluding hydrogens is 609 g/mol. The third kappa shape index (κ3) is 6.62. The van der Waals surface area contributed by atoms with Gasteiger partial charge in [-0.25, -0.2) is 0 Å². The lowest BCUT2D eigenvalue weighted by Gasteiger charge is -2.31. The van der Waals surface area contributed by atoms with Crippen molar-refractivity contribution < 1.29 is 33.1 Å². The molecule has 0 bridgehead atoms. The highest BCUT2D eigenvalue weighted by Crippen LogP contribution is 2.60. The number of hydrogen-bond donors (Lipinski definition) is 2. The van der Waals surface area contributed by atoms with Gasteiger partial charge in [0, 0.05) is 67.0 Å². The normalized spacial score (nSPS) is 22.3. The Bertz CT molecular complexity index is 1560. The molecule has 0 radical (unpaired) electrons. The number of amides is 2. The Kier molecular flexibility index (Phi) is 10.0. The van der Waals surface area contributed by atoms with Crippen LogP contribution in [-0.2, 0) is 37.6 Å². The molecule has 1 aromatic heterocycles. The highest BCUT2D eigenvalue weighted by atomic mass is 28.4. The Morgan fingerprint density at radius 1 is 1.15 bits per heavy atom. The highest BCUT2D eigenvalue weighted by Gasteiger charge is 2.66. The van der Waals surface area contributed by atoms with Crippen molar-refractivity contribution in [2.45, 2.75) is 75.9 Å². The SMILES string of the molecule is COC(=O)CCCCN1C(=O)[C@@]2(O[C@@H](CCn3cc(CCO)nn3)[C@H]([Si](C)(C)F)[C@H]2C)c2cc(NC(=O)c3ccccc3)ccc21. The number of carbonyl (C=O) groups is 3. The van der Waals surface area contributed by atoms with Crippen LogP contribution in [0.15, 0.2) is 54.7 Å². The molecule has 2 aliphatic heterocycles. The number of benzene rings is 2. The fourth-order valence-electron chi connectivity index (χ4n) is 6.99. The van der Waals surface area contributed by atoms with E-state index in [-0.39, 0.29) is 30.8 Å². The molecule has 1 spiro atoms. The number of hydrogen-bond acceptors (Lipinski definition) is 8. The van der Waals surface area contributed by atoms with E-state index in [9.17, 15) is 19.5 Å². The summed E-state index contributed by atoms with van der Waals surface area (Å²) in [6.07, 6.45) is 3.29. The van der Waals surface area contributed by atoms with E-state index in [0.29, 0.717) is 67.0 Å². The molecule has 0 aliphatic carbocycles. The monoisotopic (exact) mass is 651 g/mol. The van der Waals surface area contributed by atoms with E-state index in [2.05, 4.69) is 15.6 Å². The van der Waals surface area contributed by atoms with Crippen LogP contribution in [0.5, 0.6) is 0 Å². The van der Waals surface area contributed by atoms with E-state index >= 15 is 4.11 Å². The highest BCUT2D eigenvalue weighted by molar-refractivity contribution is 6.72. The molecule has 46 heavy (non-hydrogen) atoms. The molecule has 2 N–H and O–H groups in total. The van der Waals surface area contributed by atoms with Crippen LogP contribution in [0.2, 0.25) is 18.6 Å². The third-order valence-electron chi connectivity index (χ3n) is 9.09. The number of methoxy groups -OCH3 is 1. The second kappa shape index (κ2) is 13.8. The minimum absolute atomic E-state index is 0.0390. The lowest BCUT2D eigenvalue weighted by atomic mass is 9.82. The van der Waals surface area contributed by atoms with Gasteiger partial charge in [0.2, 0.25) is 8.41 Å². The van der Waals surface area contributed by atoms with Gasteiger partial charge in [-0.15, -0.1) is 5.10 Å². The number of aliphatic hydroxyl groups is 1. The second-order valence-electron chi connectivity index (χ2n) is 12.5. The third-order valence-corrected chi connectivity index (χ3v) is 11.5. The number of ether oxygens (including phenoxy) is 2. The summed E-state index contributed by atoms with van der Waals surface area (Å²) < 4.78 is 29.5. The summed E-state index contributed by atoms with van der Waals surface area (Å²) in [7, 11) is -2.04. The molecular formula is C33H42FN5O6Si. The van der Waals surface area contributed by atoms with E-state index < -0.39 is 31.6 Å². The maximum absolute atomic E-state index is 16.2. The number of halogens is 1. The van der Waals surface area contributed by atoms with Crippen molar-refractivity contribution in [3.8, 4) is 0 Å². The largest absolute Gasteiger partial charge is 0.469 e. The summed E-state index contributed by atoms with van der Waals surface area (Å²) in [4.78, 5) is 41.0. The van der Waals surface area contributed by atoms with Crippen LogP contribution in [0.1, 0.15) is 54.2 Å². The van der Waals surface area contributed by atoms with Crippen molar-refractivity contribution >= 4 is 37.6 Å². The zero-order valence-corrected chi connectivity index (χ0v) is 27.7. The molecule has 246 valence electrons. The quantitative estimate of drug-likeness (QED) is 0.118. The fraction of sp³-hybridized carbons (Fsp3) is 0.485. The number of nitrogens with one attached hydrogen (secondary N) is 1. The van der Waals surface area contributed by atoms with Gasteiger partial charge in [0.05, 0.1) is 24.6 Å². The van der Waals surface area contributed by atoms with Gasteiger partial charge in [-0.3, -0.25) is 19.1 Å². The molecule has 2 amide bonds. The fourth-order valence-corrected chi connectivity index (χ4v) is 9.53. The summed E-state index contributed by atoms with van der Waals surface area (Å²) in [6.45, 7) is 5.90. The molecule has 0 saturated carbocycles. The van der Waals surface area contributed by atoms with Crippen LogP contribution < -0.4 is 10.2 Å². The number of anilines is 2. The summed E-state index contributed by atoms with van der Waals surface area (Å²) in [5.41, 5.74) is 0.930. The molecule has 13 heteroatoms. The number of esters is 1. The summed E-state index contributed by atoms with van der Waals surface area (Å²) >= 11 is 0. The van der Waals surface area contributed by atoms with Crippen molar-refractivity contribution in [3.05, 3.63) is 71.5 Å². The predicted molar refractivity (Wildman–Crippen MR) is 173 cm³/mol. The molecule has 3 heterocycles. The number of nitrogens with zero attached hydrogens (tertiary/aromatic N) is 4. The molecule has 0 unspecified atom stereocenters. The Labute approximate surface area is 269 Å². The van der Waals surface area contributed by atoms with Gasteiger partial charge in [-0.2, -0.15) is 0 Å². The number of aryl methyl sites for hydroxylation is 1. The zero-order chi connectivity index (χ0) is 33.1. The summed E-state index contributed by atoms with van der Waals surface area (Å²) in [6, 6.07) is 14.2. The summed E-state index contributed by atoms with van der Waals surface area (Å²) in [5, 5.41) is 20.4. The van der Waals surface area contributed by atoms with Gasteiger partial charge in [0.15, 0.2) is 5.60 Å². The van der Waals surface area contributed by atoms with E-state index in [4.69, 9.17) is 9.47 Å². The molecule has 2 aromatic carbocycles. The standard InChI is InChI=1S/C33H42FN5O6Si/c1-22-30(46(3,4)34)28(15-18-38-21-25(16-19-40)36-37-38)45-33(22)26-20-24(35-31(42)23-10-6-5-7-11-23)13-14-27(26)39(32(33)43)17-9-8-12-29(41)44-2/h5-7,10-11,13-14,20-22,28,30,40H,8-9,12,15-19H2,1-4H3,(H,35,42)/t22-,28+,30-,33+/m1/s1. The zero-order valence-electron chi connectivity index (χ0n) is 26.7. The number of unbranched alkanes of at least 4 members (excludes halogenated alkanes) is 1. The molecule has 5 rings (SSSR count). The van der Waals surface area contributed by atoms with E-state index in [1.807, 2.05) is 13.0 Å². The van der Waals surface area contributed by atoms with Crippen LogP contribution in [-0.4, -0.2) is 72.7 Å². The molecule has 2 aliphatic rings. The Morgan fingerprint density at radius 2 is 1.91 bits per heavy atom. The number of rotatable bonds is 13. The van der Waals surface area contributed by atoms with Gasteiger partial charge in [0.1, 0.15) is 0 Å². The molecule has 1 fully saturated rings. The van der Waals surface area contributed by atoms with Crippen molar-refractivity contribution in [2.75, 3.05) is 30.5 Å². The van der Waals surface area contributed by atoms with Crippen LogP contribution in [0, 0.1) is 5.92 Å². The maximum Gasteiger partial charge on any atom is 0.305 e. The Hall–Kier alpha value is -3.94. The first kappa shape index (κ1) is 33.4. The van der Waals surface area contributed by atoms with Crippen LogP contribution in [0.3, 0.4) is 0 Å². The van der Waals surface area contributed by atoms with E-state index in [1.54, 1.807) is 71.3 Å². The number of aromatic nitrogens is 3. The molecule has 1 saturated heterocycles. The van der Waals surface area contributed by atoms with Gasteiger partial charge in [-0.05, 0) is 62.7 Å². The van der Waals surface area contributed by atoms with E-state index in [1.165, 1.54) is 7.11 Å². The lowest BCUT2D eigenvalue weighted by Crippen LogP contribution is -2.45. The average molecular weight is 652 g/mol.